The molecule has 0 rings (SSSR count). The number of unbranched alkanes of at least 4 members (excludes halogenated alkanes) is 2. The van der Waals surface area contributed by atoms with Crippen molar-refractivity contribution in [3.05, 3.63) is 0 Å². The molecule has 0 spiro atoms. The first-order chi connectivity index (χ1) is 7.20. The van der Waals surface area contributed by atoms with Gasteiger partial charge in [-0.3, -0.25) is 0 Å². The summed E-state index contributed by atoms with van der Waals surface area (Å²) in [6.07, 6.45) is 5.31. The van der Waals surface area contributed by atoms with Gasteiger partial charge < -0.3 is 9.80 Å². The predicted molar refractivity (Wildman–Crippen MR) is 72.9 cm³/mol. The van der Waals surface area contributed by atoms with Gasteiger partial charge in [-0.05, 0) is 59.5 Å². The van der Waals surface area contributed by atoms with E-state index in [-0.39, 0.29) is 0 Å². The van der Waals surface area contributed by atoms with Crippen LogP contribution in [0, 0.1) is 0 Å². The van der Waals surface area contributed by atoms with Crippen LogP contribution in [0.1, 0.15) is 32.6 Å². The Morgan fingerprint density at radius 3 is 2.07 bits per heavy atom. The highest BCUT2D eigenvalue weighted by atomic mass is 79.9. The van der Waals surface area contributed by atoms with Crippen LogP contribution in [0.25, 0.3) is 0 Å². The van der Waals surface area contributed by atoms with E-state index >= 15 is 0 Å². The molecule has 0 bridgehead atoms. The van der Waals surface area contributed by atoms with E-state index in [1.165, 1.54) is 51.9 Å². The van der Waals surface area contributed by atoms with Gasteiger partial charge in [0.1, 0.15) is 0 Å². The Hall–Kier alpha value is 0.400. The molecule has 92 valence electrons. The summed E-state index contributed by atoms with van der Waals surface area (Å²) in [4.78, 5) is 4.83. The topological polar surface area (TPSA) is 6.48 Å². The molecule has 0 N–H and O–H groups in total. The molecule has 2 nitrogen and oxygen atoms in total. The molecule has 0 aromatic heterocycles. The fraction of sp³-hybridized carbons (Fsp3) is 1.00. The van der Waals surface area contributed by atoms with Gasteiger partial charge in [0.25, 0.3) is 0 Å². The van der Waals surface area contributed by atoms with Crippen LogP contribution in [0.4, 0.5) is 0 Å². The van der Waals surface area contributed by atoms with Gasteiger partial charge >= 0.3 is 0 Å². The summed E-state index contributed by atoms with van der Waals surface area (Å²) in [5, 5.41) is 1.15. The standard InChI is InChI=1S/C12H27BrN2/c1-4-15(11-7-5-6-9-13)12-8-10-14(2)3/h4-12H2,1-3H3. The second-order valence-corrected chi connectivity index (χ2v) is 5.13. The van der Waals surface area contributed by atoms with Crippen molar-refractivity contribution < 1.29 is 0 Å². The monoisotopic (exact) mass is 278 g/mol. The van der Waals surface area contributed by atoms with Gasteiger partial charge in [-0.25, -0.2) is 0 Å². The molecule has 0 fully saturated rings. The predicted octanol–water partition coefficient (Wildman–Crippen LogP) is 2.83. The van der Waals surface area contributed by atoms with Crippen molar-refractivity contribution in [2.75, 3.05) is 45.6 Å². The summed E-state index contributed by atoms with van der Waals surface area (Å²) in [5.41, 5.74) is 0. The highest BCUT2D eigenvalue weighted by molar-refractivity contribution is 9.09. The van der Waals surface area contributed by atoms with Crippen LogP contribution in [0.5, 0.6) is 0 Å². The Labute approximate surface area is 104 Å². The average molecular weight is 279 g/mol. The molecule has 0 aliphatic carbocycles. The number of rotatable bonds is 10. The third-order valence-electron chi connectivity index (χ3n) is 2.63. The molecule has 0 saturated heterocycles. The lowest BCUT2D eigenvalue weighted by molar-refractivity contribution is 0.261. The van der Waals surface area contributed by atoms with Crippen LogP contribution in [0.2, 0.25) is 0 Å². The summed E-state index contributed by atoms with van der Waals surface area (Å²) in [6, 6.07) is 0. The van der Waals surface area contributed by atoms with Crippen LogP contribution in [-0.4, -0.2) is 55.4 Å². The van der Waals surface area contributed by atoms with Crippen molar-refractivity contribution in [1.82, 2.24) is 9.80 Å². The highest BCUT2D eigenvalue weighted by Crippen LogP contribution is 2.01. The molecular weight excluding hydrogens is 252 g/mol. The molecule has 0 aliphatic heterocycles. The second kappa shape index (κ2) is 10.9. The zero-order chi connectivity index (χ0) is 11.5. The minimum absolute atomic E-state index is 1.15. The van der Waals surface area contributed by atoms with E-state index in [1.807, 2.05) is 0 Å². The smallest absolute Gasteiger partial charge is 0.00313 e. The first-order valence-electron chi connectivity index (χ1n) is 6.13. The fourth-order valence-corrected chi connectivity index (χ4v) is 2.04. The second-order valence-electron chi connectivity index (χ2n) is 4.34. The van der Waals surface area contributed by atoms with Gasteiger partial charge in [-0.15, -0.1) is 0 Å². The lowest BCUT2D eigenvalue weighted by atomic mass is 10.2. The van der Waals surface area contributed by atoms with Gasteiger partial charge in [0.2, 0.25) is 0 Å². The van der Waals surface area contributed by atoms with Crippen LogP contribution in [0.3, 0.4) is 0 Å². The van der Waals surface area contributed by atoms with Crippen molar-refractivity contribution in [2.24, 2.45) is 0 Å². The van der Waals surface area contributed by atoms with Crippen molar-refractivity contribution in [3.8, 4) is 0 Å². The molecule has 3 heteroatoms. The van der Waals surface area contributed by atoms with Gasteiger partial charge in [-0.1, -0.05) is 29.3 Å². The van der Waals surface area contributed by atoms with Gasteiger partial charge in [0, 0.05) is 5.33 Å². The Balaban J connectivity index is 3.38. The summed E-state index contributed by atoms with van der Waals surface area (Å²) in [6.45, 7) is 7.19. The summed E-state index contributed by atoms with van der Waals surface area (Å²) >= 11 is 3.47. The SMILES string of the molecule is CCN(CCCCCBr)CCCN(C)C. The number of hydrogen-bond donors (Lipinski definition) is 0. The summed E-state index contributed by atoms with van der Waals surface area (Å²) in [7, 11) is 4.29. The first kappa shape index (κ1) is 15.4. The van der Waals surface area contributed by atoms with Gasteiger partial charge in [0.15, 0.2) is 0 Å². The Morgan fingerprint density at radius 1 is 0.867 bits per heavy atom. The Morgan fingerprint density at radius 2 is 1.53 bits per heavy atom. The van der Waals surface area contributed by atoms with Crippen LogP contribution in [-0.2, 0) is 0 Å². The molecule has 0 aliphatic rings. The quantitative estimate of drug-likeness (QED) is 0.448. The lowest BCUT2D eigenvalue weighted by Crippen LogP contribution is -2.28. The van der Waals surface area contributed by atoms with E-state index in [0.717, 1.165) is 5.33 Å². The van der Waals surface area contributed by atoms with Gasteiger partial charge in [-0.2, -0.15) is 0 Å². The van der Waals surface area contributed by atoms with E-state index in [9.17, 15) is 0 Å². The zero-order valence-electron chi connectivity index (χ0n) is 10.6. The molecule has 0 heterocycles. The third kappa shape index (κ3) is 10.7. The van der Waals surface area contributed by atoms with Crippen LogP contribution in [0.15, 0.2) is 0 Å². The maximum Gasteiger partial charge on any atom is 0.00313 e. The van der Waals surface area contributed by atoms with E-state index in [4.69, 9.17) is 0 Å². The molecule has 0 aromatic carbocycles. The maximum atomic E-state index is 3.47. The third-order valence-corrected chi connectivity index (χ3v) is 3.20. The van der Waals surface area contributed by atoms with E-state index in [2.05, 4.69) is 46.7 Å². The normalized spacial score (nSPS) is 11.6. The van der Waals surface area contributed by atoms with E-state index in [1.54, 1.807) is 0 Å². The Kier molecular flexibility index (Phi) is 11.2. The number of alkyl halides is 1. The van der Waals surface area contributed by atoms with Crippen molar-refractivity contribution in [2.45, 2.75) is 32.6 Å². The zero-order valence-corrected chi connectivity index (χ0v) is 12.2. The maximum absolute atomic E-state index is 3.47. The largest absolute Gasteiger partial charge is 0.309 e. The summed E-state index contributed by atoms with van der Waals surface area (Å²) in [5.74, 6) is 0. The molecule has 0 saturated carbocycles. The molecule has 0 unspecified atom stereocenters. The minimum atomic E-state index is 1.15. The summed E-state index contributed by atoms with van der Waals surface area (Å²) < 4.78 is 0. The van der Waals surface area contributed by atoms with Crippen molar-refractivity contribution >= 4 is 15.9 Å². The lowest BCUT2D eigenvalue weighted by Gasteiger charge is -2.21. The molecule has 0 amide bonds. The average Bonchev–Trinajstić information content (AvgIpc) is 2.21. The molecule has 0 atom stereocenters. The molecular formula is C12H27BrN2. The van der Waals surface area contributed by atoms with Crippen LogP contribution < -0.4 is 0 Å². The van der Waals surface area contributed by atoms with E-state index in [0.29, 0.717) is 0 Å². The van der Waals surface area contributed by atoms with Crippen molar-refractivity contribution in [1.29, 1.82) is 0 Å². The van der Waals surface area contributed by atoms with Gasteiger partial charge in [0.05, 0.1) is 0 Å². The minimum Gasteiger partial charge on any atom is -0.309 e. The Bertz CT molecular complexity index is 129. The van der Waals surface area contributed by atoms with Crippen LogP contribution >= 0.6 is 15.9 Å². The number of nitrogens with zero attached hydrogens (tertiary/aromatic N) is 2. The molecule has 0 radical (unpaired) electrons. The highest BCUT2D eigenvalue weighted by Gasteiger charge is 2.01. The number of hydrogen-bond acceptors (Lipinski definition) is 2. The first-order valence-corrected chi connectivity index (χ1v) is 7.26. The number of halogens is 1. The molecule has 15 heavy (non-hydrogen) atoms. The molecule has 0 aromatic rings. The van der Waals surface area contributed by atoms with Crippen molar-refractivity contribution in [3.63, 3.8) is 0 Å². The van der Waals surface area contributed by atoms with E-state index < -0.39 is 0 Å². The fourth-order valence-electron chi connectivity index (χ4n) is 1.65.